The summed E-state index contributed by atoms with van der Waals surface area (Å²) in [4.78, 5) is 0. The van der Waals surface area contributed by atoms with Gasteiger partial charge in [0.1, 0.15) is 0 Å². The van der Waals surface area contributed by atoms with E-state index in [9.17, 15) is 16.4 Å². The lowest BCUT2D eigenvalue weighted by molar-refractivity contribution is 1.17. The van der Waals surface area contributed by atoms with Crippen LogP contribution in [0.1, 0.15) is 27.4 Å². The van der Waals surface area contributed by atoms with Gasteiger partial charge >= 0.3 is 0 Å². The average Bonchev–Trinajstić information content (AvgIpc) is 4.11. The molecular formula is C54H35N3. The summed E-state index contributed by atoms with van der Waals surface area (Å²) in [5.74, 6) is 0. The molecule has 0 amide bonds. The topological polar surface area (TPSA) is 14.8 Å². The minimum atomic E-state index is -0.848. The van der Waals surface area contributed by atoms with Crippen molar-refractivity contribution in [1.29, 1.82) is 0 Å². The summed E-state index contributed by atoms with van der Waals surface area (Å²) in [6.45, 7) is 0. The van der Waals surface area contributed by atoms with Gasteiger partial charge in [0, 0.05) is 49.3 Å². The molecular weight excluding hydrogens is 691 g/mol. The lowest BCUT2D eigenvalue weighted by Crippen LogP contribution is -1.98. The Morgan fingerprint density at radius 2 is 0.789 bits per heavy atom. The van der Waals surface area contributed by atoms with E-state index in [0.717, 1.165) is 4.57 Å². The van der Waals surface area contributed by atoms with Crippen molar-refractivity contribution in [1.82, 2.24) is 13.7 Å². The summed E-state index contributed by atoms with van der Waals surface area (Å²) < 4.78 is 192. The molecule has 0 aliphatic heterocycles. The second-order valence-corrected chi connectivity index (χ2v) is 13.4. The van der Waals surface area contributed by atoms with Crippen molar-refractivity contribution in [2.45, 2.75) is 0 Å². The zero-order valence-electron chi connectivity index (χ0n) is 49.5. The van der Waals surface area contributed by atoms with Gasteiger partial charge in [0.05, 0.1) is 66.2 Å². The molecule has 0 radical (unpaired) electrons. The molecule has 266 valence electrons. The Labute approximate surface area is 357 Å². The predicted octanol–water partition coefficient (Wildman–Crippen LogP) is 14.3. The summed E-state index contributed by atoms with van der Waals surface area (Å²) in [7, 11) is 0. The van der Waals surface area contributed by atoms with E-state index in [2.05, 4.69) is 0 Å². The molecule has 0 aliphatic rings. The molecule has 0 atom stereocenters. The molecule has 9 aromatic carbocycles. The van der Waals surface area contributed by atoms with Crippen molar-refractivity contribution < 1.29 is 27.4 Å². The minimum Gasteiger partial charge on any atom is -0.309 e. The molecule has 0 N–H and O–H groups in total. The Morgan fingerprint density at radius 1 is 0.333 bits per heavy atom. The predicted molar refractivity (Wildman–Crippen MR) is 240 cm³/mol. The van der Waals surface area contributed by atoms with E-state index >= 15 is 0 Å². The third-order valence-electron chi connectivity index (χ3n) is 10.3. The standard InChI is InChI=1S/C54H35N3/c1-4-16-36(17-5-1)41-30-33-52(53-44-24-12-15-27-49(44)56(54(41)53)40-20-8-3-9-21-40)57-48-26-14-11-23-43(48)46-35-38(29-32-51(46)57)37-28-31-50-45(34-37)42-22-10-13-25-47(42)55(50)39-18-6-2-7-19-39/h1-35H/i10D,11D,12D,13D,14D,15D,22D,23D,24D,25D,26D,27D,28D,29D,30D,31D,32D,33D,34D,35D. The van der Waals surface area contributed by atoms with Crippen molar-refractivity contribution in [3.05, 3.63) is 212 Å². The van der Waals surface area contributed by atoms with Gasteiger partial charge in [-0.05, 0) is 89.3 Å². The molecule has 57 heavy (non-hydrogen) atoms. The largest absolute Gasteiger partial charge is 0.309 e. The fourth-order valence-electron chi connectivity index (χ4n) is 7.86. The van der Waals surface area contributed by atoms with Crippen LogP contribution in [-0.2, 0) is 0 Å². The number of fused-ring (bicyclic) bond motifs is 9. The summed E-state index contributed by atoms with van der Waals surface area (Å²) in [5, 5.41) is -1.53. The zero-order chi connectivity index (χ0) is 54.9. The number of rotatable bonds is 5. The first-order chi connectivity index (χ1) is 36.7. The normalized spacial score (nSPS) is 16.8. The summed E-state index contributed by atoms with van der Waals surface area (Å²) in [6.07, 6.45) is 0. The SMILES string of the molecule is [2H]c1c([2H])c([2H])c2c(c1[2H])c1c([2H])c(-c3c([2H])c([2H])c4c(c3[2H])c3c([2H])c([2H])c([2H])c([2H])c3n4-c3c([2H])c([2H])c(-c4ccccc4)c4c3c3c([2H])c([2H])c([2H])c([2H])c3n4-c3ccccc3)c([2H])c([2H])c1n2-c1ccccc1. The third-order valence-corrected chi connectivity index (χ3v) is 10.3. The summed E-state index contributed by atoms with van der Waals surface area (Å²) in [6, 6.07) is 12.0. The van der Waals surface area contributed by atoms with Crippen LogP contribution in [0.25, 0.3) is 105 Å². The van der Waals surface area contributed by atoms with Gasteiger partial charge in [-0.1, -0.05) is 139 Å². The van der Waals surface area contributed by atoms with E-state index in [1.54, 1.807) is 91.0 Å². The molecule has 0 unspecified atom stereocenters. The Bertz CT molecular complexity index is 4660. The number of hydrogen-bond donors (Lipinski definition) is 0. The van der Waals surface area contributed by atoms with Crippen molar-refractivity contribution in [2.75, 3.05) is 0 Å². The van der Waals surface area contributed by atoms with E-state index in [0.29, 0.717) is 16.9 Å². The Hall–Kier alpha value is -7.62. The van der Waals surface area contributed by atoms with Gasteiger partial charge in [0.25, 0.3) is 0 Å². The quantitative estimate of drug-likeness (QED) is 0.167. The van der Waals surface area contributed by atoms with Crippen LogP contribution < -0.4 is 0 Å². The Balaban J connectivity index is 1.33. The Morgan fingerprint density at radius 3 is 1.39 bits per heavy atom. The number of aromatic nitrogens is 3. The van der Waals surface area contributed by atoms with Crippen LogP contribution in [0, 0.1) is 0 Å². The fourth-order valence-corrected chi connectivity index (χ4v) is 7.86. The van der Waals surface area contributed by atoms with Crippen LogP contribution in [-0.4, -0.2) is 13.7 Å². The second-order valence-electron chi connectivity index (χ2n) is 13.4. The first kappa shape index (κ1) is 17.9. The Kier molecular flexibility index (Phi) is 3.91. The zero-order valence-corrected chi connectivity index (χ0v) is 29.5. The molecule has 12 aromatic rings. The van der Waals surface area contributed by atoms with Crippen LogP contribution in [0.5, 0.6) is 0 Å². The number of nitrogens with zero attached hydrogens (tertiary/aromatic N) is 3. The lowest BCUT2D eigenvalue weighted by atomic mass is 10.00. The highest BCUT2D eigenvalue weighted by Gasteiger charge is 2.23. The molecule has 0 saturated carbocycles. The maximum absolute atomic E-state index is 10.1. The van der Waals surface area contributed by atoms with Gasteiger partial charge in [0.2, 0.25) is 0 Å². The van der Waals surface area contributed by atoms with Crippen LogP contribution in [0.4, 0.5) is 0 Å². The molecule has 0 spiro atoms. The van der Waals surface area contributed by atoms with Crippen LogP contribution >= 0.6 is 0 Å². The van der Waals surface area contributed by atoms with Gasteiger partial charge in [-0.25, -0.2) is 0 Å². The summed E-state index contributed by atoms with van der Waals surface area (Å²) in [5.41, 5.74) is -1.52. The van der Waals surface area contributed by atoms with E-state index < -0.39 is 154 Å². The highest BCUT2D eigenvalue weighted by Crippen LogP contribution is 2.44. The molecule has 0 fully saturated rings. The van der Waals surface area contributed by atoms with E-state index in [1.807, 2.05) is 0 Å². The van der Waals surface area contributed by atoms with Crippen molar-refractivity contribution in [3.8, 4) is 39.3 Å². The molecule has 0 bridgehead atoms. The molecule has 3 aromatic heterocycles. The van der Waals surface area contributed by atoms with Gasteiger partial charge in [-0.2, -0.15) is 0 Å². The maximum Gasteiger partial charge on any atom is 0.0645 e. The average molecular weight is 746 g/mol. The first-order valence-corrected chi connectivity index (χ1v) is 18.0. The monoisotopic (exact) mass is 745 g/mol. The number of hydrogen-bond acceptors (Lipinski definition) is 0. The maximum atomic E-state index is 10.1. The van der Waals surface area contributed by atoms with E-state index in [-0.39, 0.29) is 54.9 Å². The second kappa shape index (κ2) is 12.5. The minimum absolute atomic E-state index is 0.0786. The van der Waals surface area contributed by atoms with Crippen LogP contribution in [0.3, 0.4) is 0 Å². The van der Waals surface area contributed by atoms with E-state index in [4.69, 9.17) is 11.0 Å². The first-order valence-electron chi connectivity index (χ1n) is 28.0. The molecule has 3 heterocycles. The van der Waals surface area contributed by atoms with Crippen molar-refractivity contribution in [2.24, 2.45) is 0 Å². The van der Waals surface area contributed by atoms with Crippen molar-refractivity contribution >= 4 is 65.4 Å². The smallest absolute Gasteiger partial charge is 0.0645 e. The van der Waals surface area contributed by atoms with Crippen LogP contribution in [0.2, 0.25) is 0 Å². The molecule has 0 aliphatic carbocycles. The van der Waals surface area contributed by atoms with Gasteiger partial charge in [0.15, 0.2) is 0 Å². The molecule has 3 nitrogen and oxygen atoms in total. The number of para-hydroxylation sites is 5. The summed E-state index contributed by atoms with van der Waals surface area (Å²) >= 11 is 0. The van der Waals surface area contributed by atoms with Crippen LogP contribution in [0.15, 0.2) is 212 Å². The molecule has 3 heteroatoms. The fraction of sp³-hybridized carbons (Fsp3) is 0. The van der Waals surface area contributed by atoms with Gasteiger partial charge in [-0.3, -0.25) is 0 Å². The van der Waals surface area contributed by atoms with Gasteiger partial charge < -0.3 is 13.7 Å². The molecule has 0 saturated heterocycles. The van der Waals surface area contributed by atoms with Crippen molar-refractivity contribution in [3.63, 3.8) is 0 Å². The third kappa shape index (κ3) is 4.73. The number of benzene rings is 9. The molecule has 12 rings (SSSR count). The van der Waals surface area contributed by atoms with E-state index in [1.165, 1.54) is 9.13 Å². The highest BCUT2D eigenvalue weighted by molar-refractivity contribution is 6.20. The lowest BCUT2D eigenvalue weighted by Gasteiger charge is -2.15. The van der Waals surface area contributed by atoms with Gasteiger partial charge in [-0.15, -0.1) is 0 Å². The highest BCUT2D eigenvalue weighted by atomic mass is 15.0.